The molecule has 12 heteroatoms. The molecule has 3 saturated heterocycles. The number of fused-ring (bicyclic) bond motifs is 6. The van der Waals surface area contributed by atoms with Crippen LogP contribution in [0.15, 0.2) is 36.4 Å². The van der Waals surface area contributed by atoms with Gasteiger partial charge in [-0.1, -0.05) is 35.3 Å². The number of carbonyl (C=O) groups excluding carboxylic acids is 3. The van der Waals surface area contributed by atoms with Gasteiger partial charge in [-0.2, -0.15) is 5.26 Å². The van der Waals surface area contributed by atoms with Crippen molar-refractivity contribution in [3.05, 3.63) is 57.6 Å². The molecule has 0 unspecified atom stereocenters. The molecule has 2 aromatic carbocycles. The first-order valence-electron chi connectivity index (χ1n) is 14.0. The fourth-order valence-electron chi connectivity index (χ4n) is 7.21. The van der Waals surface area contributed by atoms with E-state index in [4.69, 9.17) is 23.2 Å². The average Bonchev–Trinajstić information content (AvgIpc) is 3.20. The molecule has 7 rings (SSSR count). The Bertz CT molecular complexity index is 1480. The van der Waals surface area contributed by atoms with E-state index in [1.807, 2.05) is 6.07 Å². The number of carbonyl (C=O) groups is 3. The molecule has 3 aliphatic heterocycles. The van der Waals surface area contributed by atoms with Crippen LogP contribution in [0.25, 0.3) is 11.1 Å². The molecular weight excluding hydrogens is 589 g/mol. The zero-order chi connectivity index (χ0) is 30.0. The Morgan fingerprint density at radius 2 is 1.76 bits per heavy atom. The highest BCUT2D eigenvalue weighted by molar-refractivity contribution is 6.31. The summed E-state index contributed by atoms with van der Waals surface area (Å²) in [5.41, 5.74) is -0.942. The van der Waals surface area contributed by atoms with Gasteiger partial charge in [0.15, 0.2) is 5.60 Å². The van der Waals surface area contributed by atoms with Gasteiger partial charge in [0, 0.05) is 46.1 Å². The highest BCUT2D eigenvalue weighted by Crippen LogP contribution is 2.54. The number of hydrogen-bond acceptors (Lipinski definition) is 5. The van der Waals surface area contributed by atoms with Crippen molar-refractivity contribution in [3.63, 3.8) is 0 Å². The molecule has 8 nitrogen and oxygen atoms in total. The van der Waals surface area contributed by atoms with Crippen LogP contribution in [0.3, 0.4) is 0 Å². The maximum Gasteiger partial charge on any atom is 0.264 e. The molecule has 2 bridgehead atoms. The van der Waals surface area contributed by atoms with Crippen LogP contribution < -0.4 is 10.6 Å². The van der Waals surface area contributed by atoms with Crippen molar-refractivity contribution < 1.29 is 28.3 Å². The van der Waals surface area contributed by atoms with Crippen LogP contribution in [0, 0.1) is 23.2 Å². The Kier molecular flexibility index (Phi) is 7.19. The first-order chi connectivity index (χ1) is 20.0. The quantitative estimate of drug-likeness (QED) is 0.466. The number of aliphatic hydroxyl groups is 1. The highest BCUT2D eigenvalue weighted by atomic mass is 35.5. The van der Waals surface area contributed by atoms with Crippen LogP contribution in [0.4, 0.5) is 8.78 Å². The first-order valence-corrected chi connectivity index (χ1v) is 14.7. The second-order valence-electron chi connectivity index (χ2n) is 11.6. The van der Waals surface area contributed by atoms with Crippen molar-refractivity contribution in [3.8, 4) is 17.2 Å². The zero-order valence-electron chi connectivity index (χ0n) is 22.4. The lowest BCUT2D eigenvalue weighted by Gasteiger charge is -2.54. The third-order valence-corrected chi connectivity index (χ3v) is 9.64. The first kappa shape index (κ1) is 28.8. The van der Waals surface area contributed by atoms with Gasteiger partial charge in [0.1, 0.15) is 12.1 Å². The summed E-state index contributed by atoms with van der Waals surface area (Å²) in [6.07, 6.45) is 0.831. The van der Waals surface area contributed by atoms with E-state index < -0.39 is 59.7 Å². The summed E-state index contributed by atoms with van der Waals surface area (Å²) < 4.78 is 30.6. The van der Waals surface area contributed by atoms with E-state index in [0.29, 0.717) is 24.1 Å². The lowest BCUT2D eigenvalue weighted by atomic mass is 9.70. The maximum absolute atomic E-state index is 15.3. The summed E-state index contributed by atoms with van der Waals surface area (Å²) >= 11 is 12.5. The molecule has 3 heterocycles. The SMILES string of the molecule is N#C[C@@H](C[C@@H]1CCCNC1=O)NC(=O)[C@H]1[C@H]2CC[C@H](CC2(F)F)N1C(=O)C1(O)c2cc(Cl)ccc2-c2ccc(Cl)cc21. The van der Waals surface area contributed by atoms with Crippen molar-refractivity contribution in [1.82, 2.24) is 15.5 Å². The number of piperidine rings is 3. The Morgan fingerprint density at radius 1 is 1.12 bits per heavy atom. The minimum absolute atomic E-state index is 0.00889. The third kappa shape index (κ3) is 4.53. The fourth-order valence-corrected chi connectivity index (χ4v) is 7.55. The van der Waals surface area contributed by atoms with Crippen molar-refractivity contribution in [2.75, 3.05) is 6.54 Å². The molecule has 2 aliphatic carbocycles. The molecule has 5 aliphatic rings. The largest absolute Gasteiger partial charge is 0.372 e. The Balaban J connectivity index is 1.38. The van der Waals surface area contributed by atoms with Gasteiger partial charge >= 0.3 is 0 Å². The number of halogens is 4. The standard InChI is InChI=1S/C30H28Cl2F2N4O4/c31-16-3-6-20-21-7-4-17(32)12-24(21)30(42,23(20)11-16)28(41)38-19-5-8-22(29(33,34)13-19)25(38)27(40)37-18(14-35)10-15-2-1-9-36-26(15)39/h3-4,6-7,11-12,15,18-19,22,25,42H,1-2,5,8-10,13H2,(H,36,39)(H,37,40)/t15-,18+,19+,22+,25+/m0/s1. The van der Waals surface area contributed by atoms with Crippen LogP contribution in [0.5, 0.6) is 0 Å². The highest BCUT2D eigenvalue weighted by Gasteiger charge is 2.63. The molecule has 0 spiro atoms. The molecular formula is C30H28Cl2F2N4O4. The molecule has 42 heavy (non-hydrogen) atoms. The monoisotopic (exact) mass is 616 g/mol. The van der Waals surface area contributed by atoms with Crippen LogP contribution >= 0.6 is 23.2 Å². The number of amides is 3. The fraction of sp³-hybridized carbons (Fsp3) is 0.467. The lowest BCUT2D eigenvalue weighted by molar-refractivity contribution is -0.201. The minimum Gasteiger partial charge on any atom is -0.372 e. The van der Waals surface area contributed by atoms with Crippen LogP contribution in [0.1, 0.15) is 49.7 Å². The van der Waals surface area contributed by atoms with Gasteiger partial charge in [-0.3, -0.25) is 14.4 Å². The Morgan fingerprint density at radius 3 is 2.33 bits per heavy atom. The normalized spacial score (nSPS) is 27.3. The molecule has 0 radical (unpaired) electrons. The lowest BCUT2D eigenvalue weighted by Crippen LogP contribution is -2.70. The van der Waals surface area contributed by atoms with E-state index in [9.17, 15) is 24.8 Å². The number of nitrogens with zero attached hydrogens (tertiary/aromatic N) is 2. The number of nitrogens with one attached hydrogen (secondary N) is 2. The average molecular weight is 617 g/mol. The zero-order valence-corrected chi connectivity index (χ0v) is 23.9. The predicted molar refractivity (Wildman–Crippen MR) is 150 cm³/mol. The van der Waals surface area contributed by atoms with Crippen molar-refractivity contribution in [2.24, 2.45) is 11.8 Å². The molecule has 0 aromatic heterocycles. The summed E-state index contributed by atoms with van der Waals surface area (Å²) in [5, 5.41) is 27.8. The van der Waals surface area contributed by atoms with Gasteiger partial charge in [-0.25, -0.2) is 8.78 Å². The summed E-state index contributed by atoms with van der Waals surface area (Å²) in [7, 11) is 0. The van der Waals surface area contributed by atoms with Crippen LogP contribution in [0.2, 0.25) is 10.0 Å². The van der Waals surface area contributed by atoms with Crippen LogP contribution in [-0.4, -0.2) is 58.3 Å². The van der Waals surface area contributed by atoms with E-state index in [-0.39, 0.29) is 46.3 Å². The topological polar surface area (TPSA) is 123 Å². The molecule has 2 aromatic rings. The number of hydrogen-bond donors (Lipinski definition) is 3. The van der Waals surface area contributed by atoms with Crippen molar-refractivity contribution in [1.29, 1.82) is 5.26 Å². The van der Waals surface area contributed by atoms with Gasteiger partial charge in [-0.05, 0) is 67.5 Å². The molecule has 3 amide bonds. The second kappa shape index (κ2) is 10.5. The Hall–Kier alpha value is -3.26. The van der Waals surface area contributed by atoms with Gasteiger partial charge in [0.05, 0.1) is 12.0 Å². The van der Waals surface area contributed by atoms with Crippen molar-refractivity contribution >= 4 is 40.9 Å². The van der Waals surface area contributed by atoms with E-state index in [0.717, 1.165) is 11.3 Å². The summed E-state index contributed by atoms with van der Waals surface area (Å²) in [4.78, 5) is 41.7. The summed E-state index contributed by atoms with van der Waals surface area (Å²) in [5.74, 6) is -7.35. The number of nitriles is 1. The minimum atomic E-state index is -3.24. The number of rotatable bonds is 5. The van der Waals surface area contributed by atoms with Gasteiger partial charge in [0.25, 0.3) is 11.8 Å². The Labute approximate surface area is 251 Å². The third-order valence-electron chi connectivity index (χ3n) is 9.17. The van der Waals surface area contributed by atoms with Gasteiger partial charge < -0.3 is 20.6 Å². The molecule has 5 atom stereocenters. The maximum atomic E-state index is 15.3. The molecule has 3 N–H and O–H groups in total. The number of benzene rings is 2. The van der Waals surface area contributed by atoms with Crippen LogP contribution in [-0.2, 0) is 20.0 Å². The van der Waals surface area contributed by atoms with Gasteiger partial charge in [-0.15, -0.1) is 0 Å². The van der Waals surface area contributed by atoms with E-state index in [1.165, 1.54) is 12.1 Å². The van der Waals surface area contributed by atoms with Crippen molar-refractivity contribution in [2.45, 2.75) is 68.2 Å². The summed E-state index contributed by atoms with van der Waals surface area (Å²) in [6.45, 7) is 0.530. The second-order valence-corrected chi connectivity index (χ2v) is 12.5. The molecule has 1 saturated carbocycles. The molecule has 220 valence electrons. The van der Waals surface area contributed by atoms with Gasteiger partial charge in [0.2, 0.25) is 11.8 Å². The van der Waals surface area contributed by atoms with E-state index in [2.05, 4.69) is 10.6 Å². The van der Waals surface area contributed by atoms with E-state index >= 15 is 8.78 Å². The predicted octanol–water partition coefficient (Wildman–Crippen LogP) is 4.15. The number of alkyl halides is 2. The molecule has 4 fully saturated rings. The summed E-state index contributed by atoms with van der Waals surface area (Å²) in [6, 6.07) is 7.61. The van der Waals surface area contributed by atoms with E-state index in [1.54, 1.807) is 24.3 Å². The smallest absolute Gasteiger partial charge is 0.264 e.